The van der Waals surface area contributed by atoms with Crippen molar-refractivity contribution in [2.24, 2.45) is 0 Å². The van der Waals surface area contributed by atoms with Crippen LogP contribution in [-0.4, -0.2) is 72.8 Å². The van der Waals surface area contributed by atoms with Crippen LogP contribution in [0.3, 0.4) is 0 Å². The minimum Gasteiger partial charge on any atom is -0.324 e. The standard InChI is InChI=1S/C29H34N8O2S/c1-22-6-9-26(19-28(22)34-29-31-14-12-27(33-29)24-5-4-13-30-21-24)37(40(3,38)39)25-10-7-23(8-11-25)20-32-36-17-15-35(2)16-18-36/h4-14,19,21,32H,15-18,20H2,1-3H3,(H,31,33,34). The van der Waals surface area contributed by atoms with Crippen LogP contribution in [0.15, 0.2) is 79.3 Å². The van der Waals surface area contributed by atoms with Gasteiger partial charge >= 0.3 is 0 Å². The third kappa shape index (κ3) is 6.80. The van der Waals surface area contributed by atoms with Crippen LogP contribution >= 0.6 is 0 Å². The molecular weight excluding hydrogens is 524 g/mol. The van der Waals surface area contributed by atoms with Crippen LogP contribution in [0, 0.1) is 6.92 Å². The first-order valence-electron chi connectivity index (χ1n) is 13.1. The lowest BCUT2D eigenvalue weighted by Crippen LogP contribution is -2.50. The van der Waals surface area contributed by atoms with Crippen LogP contribution < -0.4 is 15.0 Å². The fourth-order valence-electron chi connectivity index (χ4n) is 4.53. The molecule has 40 heavy (non-hydrogen) atoms. The van der Waals surface area contributed by atoms with Crippen LogP contribution in [0.5, 0.6) is 0 Å². The fraction of sp³-hybridized carbons (Fsp3) is 0.276. The number of hydrazine groups is 1. The normalized spacial score (nSPS) is 14.7. The molecule has 2 aromatic carbocycles. The molecule has 0 bridgehead atoms. The van der Waals surface area contributed by atoms with Crippen molar-refractivity contribution in [2.75, 3.05) is 49.1 Å². The molecule has 1 aliphatic heterocycles. The van der Waals surface area contributed by atoms with E-state index in [0.29, 0.717) is 29.6 Å². The molecule has 0 radical (unpaired) electrons. The molecule has 1 saturated heterocycles. The van der Waals surface area contributed by atoms with Gasteiger partial charge in [-0.25, -0.2) is 27.7 Å². The molecule has 10 nitrogen and oxygen atoms in total. The maximum absolute atomic E-state index is 13.0. The van der Waals surface area contributed by atoms with E-state index in [1.807, 2.05) is 55.5 Å². The highest BCUT2D eigenvalue weighted by atomic mass is 32.2. The van der Waals surface area contributed by atoms with Gasteiger partial charge < -0.3 is 10.2 Å². The van der Waals surface area contributed by atoms with Gasteiger partial charge in [-0.1, -0.05) is 18.2 Å². The zero-order chi connectivity index (χ0) is 28.1. The zero-order valence-corrected chi connectivity index (χ0v) is 23.8. The average molecular weight is 559 g/mol. The largest absolute Gasteiger partial charge is 0.324 e. The van der Waals surface area contributed by atoms with Crippen LogP contribution in [-0.2, 0) is 16.6 Å². The van der Waals surface area contributed by atoms with Gasteiger partial charge in [-0.05, 0) is 67.6 Å². The lowest BCUT2D eigenvalue weighted by molar-refractivity contribution is 0.102. The van der Waals surface area contributed by atoms with E-state index in [0.717, 1.165) is 48.6 Å². The Morgan fingerprint density at radius 1 is 0.950 bits per heavy atom. The monoisotopic (exact) mass is 558 g/mol. The van der Waals surface area contributed by atoms with Crippen molar-refractivity contribution < 1.29 is 8.42 Å². The third-order valence-corrected chi connectivity index (χ3v) is 7.91. The molecule has 0 aliphatic carbocycles. The Kier molecular flexibility index (Phi) is 8.36. The van der Waals surface area contributed by atoms with Gasteiger partial charge in [0.25, 0.3) is 0 Å². The number of likely N-dealkylation sites (N-methyl/N-ethyl adjacent to an activating group) is 1. The van der Waals surface area contributed by atoms with Crippen molar-refractivity contribution in [1.82, 2.24) is 30.3 Å². The van der Waals surface area contributed by atoms with Gasteiger partial charge in [0.05, 0.1) is 23.3 Å². The molecule has 0 unspecified atom stereocenters. The summed E-state index contributed by atoms with van der Waals surface area (Å²) in [7, 11) is -1.49. The Balaban J connectivity index is 1.35. The van der Waals surface area contributed by atoms with Gasteiger partial charge in [0.1, 0.15) is 0 Å². The SMILES string of the molecule is Cc1ccc(N(c2ccc(CNN3CCN(C)CC3)cc2)S(C)(=O)=O)cc1Nc1nccc(-c2cccnc2)n1. The maximum atomic E-state index is 13.0. The molecule has 1 fully saturated rings. The minimum absolute atomic E-state index is 0.407. The van der Waals surface area contributed by atoms with Crippen LogP contribution in [0.25, 0.3) is 11.3 Å². The van der Waals surface area contributed by atoms with E-state index in [4.69, 9.17) is 0 Å². The number of benzene rings is 2. The summed E-state index contributed by atoms with van der Waals surface area (Å²) >= 11 is 0. The second kappa shape index (κ2) is 12.1. The number of nitrogens with zero attached hydrogens (tertiary/aromatic N) is 6. The van der Waals surface area contributed by atoms with Crippen molar-refractivity contribution in [2.45, 2.75) is 13.5 Å². The lowest BCUT2D eigenvalue weighted by Gasteiger charge is -2.32. The molecule has 0 spiro atoms. The number of aryl methyl sites for hydroxylation is 1. The quantitative estimate of drug-likeness (QED) is 0.316. The molecule has 3 heterocycles. The maximum Gasteiger partial charge on any atom is 0.236 e. The number of sulfonamides is 1. The van der Waals surface area contributed by atoms with Gasteiger partial charge in [0.15, 0.2) is 0 Å². The van der Waals surface area contributed by atoms with E-state index < -0.39 is 10.0 Å². The Labute approximate surface area is 235 Å². The number of nitrogens with one attached hydrogen (secondary N) is 2. The van der Waals surface area contributed by atoms with E-state index in [1.165, 1.54) is 10.6 Å². The minimum atomic E-state index is -3.62. The van der Waals surface area contributed by atoms with Crippen molar-refractivity contribution in [1.29, 1.82) is 0 Å². The summed E-state index contributed by atoms with van der Waals surface area (Å²) in [4.78, 5) is 15.5. The number of pyridine rings is 1. The topological polar surface area (TPSA) is 107 Å². The highest BCUT2D eigenvalue weighted by Gasteiger charge is 2.21. The predicted molar refractivity (Wildman–Crippen MR) is 159 cm³/mol. The van der Waals surface area contributed by atoms with Crippen LogP contribution in [0.4, 0.5) is 23.0 Å². The number of anilines is 4. The first-order chi connectivity index (χ1) is 19.3. The number of hydrogen-bond acceptors (Lipinski definition) is 9. The van der Waals surface area contributed by atoms with Crippen LogP contribution in [0.1, 0.15) is 11.1 Å². The number of piperazine rings is 1. The fourth-order valence-corrected chi connectivity index (χ4v) is 5.54. The second-order valence-corrected chi connectivity index (χ2v) is 11.8. The second-order valence-electron chi connectivity index (χ2n) is 9.95. The molecule has 0 saturated carbocycles. The van der Waals surface area contributed by atoms with Gasteiger partial charge in [0, 0.05) is 62.6 Å². The summed E-state index contributed by atoms with van der Waals surface area (Å²) in [5.74, 6) is 0.407. The van der Waals surface area contributed by atoms with Gasteiger partial charge in [-0.2, -0.15) is 0 Å². The van der Waals surface area contributed by atoms with Crippen molar-refractivity contribution in [3.63, 3.8) is 0 Å². The van der Waals surface area contributed by atoms with Crippen molar-refractivity contribution in [3.8, 4) is 11.3 Å². The molecule has 2 aromatic heterocycles. The van der Waals surface area contributed by atoms with Gasteiger partial charge in [-0.15, -0.1) is 0 Å². The van der Waals surface area contributed by atoms with Crippen molar-refractivity contribution in [3.05, 3.63) is 90.4 Å². The molecule has 2 N–H and O–H groups in total. The van der Waals surface area contributed by atoms with E-state index in [1.54, 1.807) is 30.7 Å². The molecule has 5 rings (SSSR count). The Morgan fingerprint density at radius 2 is 1.70 bits per heavy atom. The Hall–Kier alpha value is -3.90. The zero-order valence-electron chi connectivity index (χ0n) is 22.9. The highest BCUT2D eigenvalue weighted by molar-refractivity contribution is 7.92. The first kappa shape index (κ1) is 27.7. The van der Waals surface area contributed by atoms with Crippen molar-refractivity contribution >= 4 is 33.0 Å². The summed E-state index contributed by atoms with van der Waals surface area (Å²) < 4.78 is 27.3. The van der Waals surface area contributed by atoms with E-state index >= 15 is 0 Å². The molecule has 4 aromatic rings. The lowest BCUT2D eigenvalue weighted by atomic mass is 10.1. The van der Waals surface area contributed by atoms with E-state index in [-0.39, 0.29) is 0 Å². The van der Waals surface area contributed by atoms with E-state index in [2.05, 4.69) is 42.7 Å². The number of rotatable bonds is 9. The summed E-state index contributed by atoms with van der Waals surface area (Å²) in [5, 5.41) is 5.49. The molecule has 0 atom stereocenters. The smallest absolute Gasteiger partial charge is 0.236 e. The van der Waals surface area contributed by atoms with Crippen LogP contribution in [0.2, 0.25) is 0 Å². The molecular formula is C29H34N8O2S. The van der Waals surface area contributed by atoms with Gasteiger partial charge in [0.2, 0.25) is 16.0 Å². The first-order valence-corrected chi connectivity index (χ1v) is 15.0. The summed E-state index contributed by atoms with van der Waals surface area (Å²) in [6.45, 7) is 6.64. The number of aromatic nitrogens is 3. The third-order valence-electron chi connectivity index (χ3n) is 6.83. The Morgan fingerprint density at radius 3 is 2.40 bits per heavy atom. The molecule has 208 valence electrons. The summed E-state index contributed by atoms with van der Waals surface area (Å²) in [6, 6.07) is 18.7. The highest BCUT2D eigenvalue weighted by Crippen LogP contribution is 2.33. The summed E-state index contributed by atoms with van der Waals surface area (Å²) in [6.07, 6.45) is 6.35. The van der Waals surface area contributed by atoms with Gasteiger partial charge in [-0.3, -0.25) is 10.4 Å². The molecule has 1 aliphatic rings. The molecule has 11 heteroatoms. The van der Waals surface area contributed by atoms with E-state index in [9.17, 15) is 8.42 Å². The molecule has 0 amide bonds. The average Bonchev–Trinajstić information content (AvgIpc) is 2.95. The summed E-state index contributed by atoms with van der Waals surface area (Å²) in [5.41, 5.74) is 8.88. The predicted octanol–water partition coefficient (Wildman–Crippen LogP) is 3.94. The number of hydrogen-bond donors (Lipinski definition) is 2. The Bertz CT molecular complexity index is 1540.